The van der Waals surface area contributed by atoms with Crippen molar-refractivity contribution in [2.45, 2.75) is 27.2 Å². The second-order valence-corrected chi connectivity index (χ2v) is 5.20. The second kappa shape index (κ2) is 4.80. The third kappa shape index (κ3) is 2.44. The summed E-state index contributed by atoms with van der Waals surface area (Å²) in [7, 11) is 0. The Kier molecular flexibility index (Phi) is 3.38. The predicted octanol–water partition coefficient (Wildman–Crippen LogP) is 3.55. The molecule has 0 aliphatic rings. The molecule has 0 amide bonds. The molecule has 2 aromatic heterocycles. The van der Waals surface area contributed by atoms with Gasteiger partial charge in [-0.3, -0.25) is 9.78 Å². The van der Waals surface area contributed by atoms with Gasteiger partial charge < -0.3 is 0 Å². The molecule has 88 valence electrons. The summed E-state index contributed by atoms with van der Waals surface area (Å²) in [6.07, 6.45) is 0.975. The maximum absolute atomic E-state index is 12.3. The smallest absolute Gasteiger partial charge is 0.204 e. The highest BCUT2D eigenvalue weighted by molar-refractivity contribution is 7.14. The minimum atomic E-state index is 0.0831. The quantitative estimate of drug-likeness (QED) is 0.774. The summed E-state index contributed by atoms with van der Waals surface area (Å²) in [5.74, 6) is 0.0831. The van der Waals surface area contributed by atoms with Gasteiger partial charge in [-0.25, -0.2) is 0 Å². The Morgan fingerprint density at radius 3 is 2.59 bits per heavy atom. The molecule has 3 heteroatoms. The van der Waals surface area contributed by atoms with Crippen LogP contribution in [0.15, 0.2) is 24.3 Å². The van der Waals surface area contributed by atoms with Crippen molar-refractivity contribution in [1.82, 2.24) is 4.98 Å². The lowest BCUT2D eigenvalue weighted by atomic mass is 10.1. The monoisotopic (exact) mass is 245 g/mol. The molecular formula is C14H15NOS. The van der Waals surface area contributed by atoms with Gasteiger partial charge in [0.1, 0.15) is 0 Å². The second-order valence-electron chi connectivity index (χ2n) is 4.03. The lowest BCUT2D eigenvalue weighted by molar-refractivity contribution is 0.104. The van der Waals surface area contributed by atoms with Crippen LogP contribution in [0.4, 0.5) is 0 Å². The maximum Gasteiger partial charge on any atom is 0.204 e. The van der Waals surface area contributed by atoms with Crippen LogP contribution in [0, 0.1) is 13.8 Å². The Morgan fingerprint density at radius 1 is 1.24 bits per heavy atom. The summed E-state index contributed by atoms with van der Waals surface area (Å²) in [5.41, 5.74) is 2.46. The van der Waals surface area contributed by atoms with Gasteiger partial charge >= 0.3 is 0 Å². The van der Waals surface area contributed by atoms with E-state index in [0.717, 1.165) is 22.7 Å². The zero-order valence-corrected chi connectivity index (χ0v) is 11.1. The molecular weight excluding hydrogens is 230 g/mol. The van der Waals surface area contributed by atoms with Crippen molar-refractivity contribution in [3.8, 4) is 0 Å². The Labute approximate surface area is 105 Å². The van der Waals surface area contributed by atoms with Gasteiger partial charge in [-0.2, -0.15) is 0 Å². The number of aromatic nitrogens is 1. The van der Waals surface area contributed by atoms with Gasteiger partial charge in [0.15, 0.2) is 0 Å². The number of carbonyl (C=O) groups is 1. The number of aryl methyl sites for hydroxylation is 3. The molecule has 0 aromatic carbocycles. The first kappa shape index (κ1) is 12.0. The summed E-state index contributed by atoms with van der Waals surface area (Å²) in [6, 6.07) is 7.68. The van der Waals surface area contributed by atoms with Crippen molar-refractivity contribution in [1.29, 1.82) is 0 Å². The van der Waals surface area contributed by atoms with Crippen LogP contribution in [-0.2, 0) is 6.42 Å². The van der Waals surface area contributed by atoms with E-state index in [4.69, 9.17) is 0 Å². The molecule has 0 saturated carbocycles. The van der Waals surface area contributed by atoms with E-state index >= 15 is 0 Å². The summed E-state index contributed by atoms with van der Waals surface area (Å²) in [6.45, 7) is 5.91. The number of thiophene rings is 1. The predicted molar refractivity (Wildman–Crippen MR) is 70.8 cm³/mol. The molecule has 0 radical (unpaired) electrons. The van der Waals surface area contributed by atoms with E-state index in [9.17, 15) is 4.79 Å². The van der Waals surface area contributed by atoms with E-state index in [2.05, 4.69) is 11.9 Å². The molecule has 0 atom stereocenters. The fraction of sp³-hybridized carbons (Fsp3) is 0.286. The molecule has 0 fully saturated rings. The molecule has 2 rings (SSSR count). The topological polar surface area (TPSA) is 30.0 Å². The highest BCUT2D eigenvalue weighted by atomic mass is 32.1. The molecule has 0 bridgehead atoms. The maximum atomic E-state index is 12.3. The van der Waals surface area contributed by atoms with Gasteiger partial charge in [0, 0.05) is 21.8 Å². The minimum absolute atomic E-state index is 0.0831. The number of pyridine rings is 1. The third-order valence-electron chi connectivity index (χ3n) is 2.70. The van der Waals surface area contributed by atoms with Crippen LogP contribution in [0.2, 0.25) is 0 Å². The van der Waals surface area contributed by atoms with Crippen LogP contribution in [0.5, 0.6) is 0 Å². The van der Waals surface area contributed by atoms with E-state index in [1.54, 1.807) is 11.3 Å². The molecule has 0 aliphatic heterocycles. The van der Waals surface area contributed by atoms with Crippen LogP contribution < -0.4 is 0 Å². The summed E-state index contributed by atoms with van der Waals surface area (Å²) >= 11 is 1.57. The van der Waals surface area contributed by atoms with Gasteiger partial charge in [-0.1, -0.05) is 6.92 Å². The fourth-order valence-electron chi connectivity index (χ4n) is 1.75. The largest absolute Gasteiger partial charge is 0.288 e. The molecule has 0 N–H and O–H groups in total. The first-order valence-electron chi connectivity index (χ1n) is 5.69. The van der Waals surface area contributed by atoms with Gasteiger partial charge in [0.2, 0.25) is 5.78 Å². The normalized spacial score (nSPS) is 10.5. The first-order valence-corrected chi connectivity index (χ1v) is 6.51. The Balaban J connectivity index is 2.36. The third-order valence-corrected chi connectivity index (χ3v) is 3.93. The molecule has 0 spiro atoms. The highest BCUT2D eigenvalue weighted by Crippen LogP contribution is 2.21. The Morgan fingerprint density at radius 2 is 2.00 bits per heavy atom. The fourth-order valence-corrected chi connectivity index (χ4v) is 2.65. The first-order chi connectivity index (χ1) is 8.11. The Hall–Kier alpha value is -1.48. The SMILES string of the molecule is CCc1ccc(C(=O)c2ccc(C)nc2C)s1. The van der Waals surface area contributed by atoms with E-state index in [-0.39, 0.29) is 5.78 Å². The van der Waals surface area contributed by atoms with Crippen molar-refractivity contribution in [2.75, 3.05) is 0 Å². The van der Waals surface area contributed by atoms with Gasteiger partial charge in [-0.05, 0) is 44.5 Å². The standard InChI is InChI=1S/C14H15NOS/c1-4-11-6-8-13(17-11)14(16)12-7-5-9(2)15-10(12)3/h5-8H,4H2,1-3H3. The van der Waals surface area contributed by atoms with Crippen LogP contribution in [0.25, 0.3) is 0 Å². The van der Waals surface area contributed by atoms with Crippen molar-refractivity contribution in [3.63, 3.8) is 0 Å². The average Bonchev–Trinajstić information content (AvgIpc) is 2.76. The lowest BCUT2D eigenvalue weighted by Gasteiger charge is -2.03. The van der Waals surface area contributed by atoms with Crippen molar-refractivity contribution in [2.24, 2.45) is 0 Å². The van der Waals surface area contributed by atoms with E-state index in [1.165, 1.54) is 4.88 Å². The van der Waals surface area contributed by atoms with Crippen LogP contribution in [-0.4, -0.2) is 10.8 Å². The number of ketones is 1. The van der Waals surface area contributed by atoms with E-state index in [1.807, 2.05) is 38.1 Å². The molecule has 0 unspecified atom stereocenters. The van der Waals surface area contributed by atoms with Gasteiger partial charge in [0.05, 0.1) is 4.88 Å². The number of hydrogen-bond acceptors (Lipinski definition) is 3. The molecule has 2 aromatic rings. The molecule has 0 saturated heterocycles. The van der Waals surface area contributed by atoms with E-state index < -0.39 is 0 Å². The van der Waals surface area contributed by atoms with Crippen LogP contribution in [0.1, 0.15) is 38.4 Å². The van der Waals surface area contributed by atoms with Crippen molar-refractivity contribution >= 4 is 17.1 Å². The van der Waals surface area contributed by atoms with Crippen molar-refractivity contribution in [3.05, 3.63) is 51.0 Å². The summed E-state index contributed by atoms with van der Waals surface area (Å²) in [4.78, 5) is 18.7. The lowest BCUT2D eigenvalue weighted by Crippen LogP contribution is -2.03. The summed E-state index contributed by atoms with van der Waals surface area (Å²) in [5, 5.41) is 0. The number of carbonyl (C=O) groups excluding carboxylic acids is 1. The Bertz CT molecular complexity index is 557. The van der Waals surface area contributed by atoms with Gasteiger partial charge in [-0.15, -0.1) is 11.3 Å². The number of hydrogen-bond donors (Lipinski definition) is 0. The van der Waals surface area contributed by atoms with Crippen LogP contribution >= 0.6 is 11.3 Å². The van der Waals surface area contributed by atoms with Crippen LogP contribution in [0.3, 0.4) is 0 Å². The summed E-state index contributed by atoms with van der Waals surface area (Å²) < 4.78 is 0. The van der Waals surface area contributed by atoms with E-state index in [0.29, 0.717) is 5.56 Å². The average molecular weight is 245 g/mol. The highest BCUT2D eigenvalue weighted by Gasteiger charge is 2.14. The molecule has 2 heterocycles. The number of nitrogens with zero attached hydrogens (tertiary/aromatic N) is 1. The molecule has 2 nitrogen and oxygen atoms in total. The van der Waals surface area contributed by atoms with Crippen molar-refractivity contribution < 1.29 is 4.79 Å². The number of rotatable bonds is 3. The molecule has 17 heavy (non-hydrogen) atoms. The zero-order valence-electron chi connectivity index (χ0n) is 10.3. The zero-order chi connectivity index (χ0) is 12.4. The molecule has 0 aliphatic carbocycles. The van der Waals surface area contributed by atoms with Gasteiger partial charge in [0.25, 0.3) is 0 Å². The minimum Gasteiger partial charge on any atom is -0.288 e.